The molecule has 1 aliphatic heterocycles. The predicted octanol–water partition coefficient (Wildman–Crippen LogP) is 4.04. The van der Waals surface area contributed by atoms with Gasteiger partial charge in [-0.2, -0.15) is 0 Å². The summed E-state index contributed by atoms with van der Waals surface area (Å²) >= 11 is 0. The molecule has 6 nitrogen and oxygen atoms in total. The van der Waals surface area contributed by atoms with E-state index in [1.807, 2.05) is 20.8 Å². The maximum absolute atomic E-state index is 12.3. The summed E-state index contributed by atoms with van der Waals surface area (Å²) < 4.78 is 16.3. The topological polar surface area (TPSA) is 73.9 Å². The molecule has 1 saturated carbocycles. The zero-order valence-corrected chi connectivity index (χ0v) is 16.0. The lowest BCUT2D eigenvalue weighted by atomic mass is 9.82. The van der Waals surface area contributed by atoms with E-state index in [0.717, 1.165) is 25.7 Å². The van der Waals surface area contributed by atoms with Gasteiger partial charge in [-0.1, -0.05) is 19.3 Å². The van der Waals surface area contributed by atoms with Gasteiger partial charge in [0.15, 0.2) is 0 Å². The molecule has 1 heterocycles. The van der Waals surface area contributed by atoms with Crippen molar-refractivity contribution >= 4 is 12.1 Å². The standard InChI is InChI=1S/C19H31NO5/c1-18(2,3)25-17(22)20-15(13-9-7-6-8-10-13)11-14-12-16(21)24-19(4,5)23-14/h12-13,15H,6-11H2,1-5H3,(H,20,22)/t15-/m1/s1. The third-order valence-electron chi connectivity index (χ3n) is 4.34. The number of nitrogens with one attached hydrogen (secondary N) is 1. The maximum Gasteiger partial charge on any atom is 0.407 e. The van der Waals surface area contributed by atoms with Crippen LogP contribution in [-0.4, -0.2) is 29.5 Å². The first-order valence-corrected chi connectivity index (χ1v) is 9.16. The SMILES string of the molecule is CC(C)(C)OC(=O)N[C@H](CC1=CC(=O)OC(C)(C)O1)C1CCCCC1. The van der Waals surface area contributed by atoms with Gasteiger partial charge in [-0.25, -0.2) is 9.59 Å². The molecular weight excluding hydrogens is 322 g/mol. The van der Waals surface area contributed by atoms with Gasteiger partial charge in [0, 0.05) is 26.3 Å². The Balaban J connectivity index is 2.08. The number of carbonyl (C=O) groups excluding carboxylic acids is 2. The van der Waals surface area contributed by atoms with Crippen molar-refractivity contribution in [2.75, 3.05) is 0 Å². The van der Waals surface area contributed by atoms with E-state index in [0.29, 0.717) is 18.1 Å². The van der Waals surface area contributed by atoms with E-state index in [4.69, 9.17) is 14.2 Å². The zero-order valence-electron chi connectivity index (χ0n) is 16.0. The molecule has 1 N–H and O–H groups in total. The molecule has 1 fully saturated rings. The molecule has 2 rings (SSSR count). The van der Waals surface area contributed by atoms with E-state index in [-0.39, 0.29) is 6.04 Å². The van der Waals surface area contributed by atoms with Crippen LogP contribution in [0.5, 0.6) is 0 Å². The highest BCUT2D eigenvalue weighted by Crippen LogP contribution is 2.32. The molecule has 0 spiro atoms. The van der Waals surface area contributed by atoms with Gasteiger partial charge in [0.1, 0.15) is 11.4 Å². The molecule has 25 heavy (non-hydrogen) atoms. The first-order valence-electron chi connectivity index (χ1n) is 9.16. The molecule has 142 valence electrons. The van der Waals surface area contributed by atoms with E-state index >= 15 is 0 Å². The van der Waals surface area contributed by atoms with Crippen molar-refractivity contribution in [3.05, 3.63) is 11.8 Å². The van der Waals surface area contributed by atoms with Gasteiger partial charge in [-0.05, 0) is 39.5 Å². The number of hydrogen-bond acceptors (Lipinski definition) is 5. The first-order chi connectivity index (χ1) is 11.5. The van der Waals surface area contributed by atoms with Gasteiger partial charge in [0.25, 0.3) is 0 Å². The molecule has 0 aromatic carbocycles. The van der Waals surface area contributed by atoms with E-state index in [1.54, 1.807) is 13.8 Å². The molecule has 6 heteroatoms. The summed E-state index contributed by atoms with van der Waals surface area (Å²) in [4.78, 5) is 24.0. The molecule has 0 radical (unpaired) electrons. The van der Waals surface area contributed by atoms with Gasteiger partial charge < -0.3 is 19.5 Å². The molecular formula is C19H31NO5. The summed E-state index contributed by atoms with van der Waals surface area (Å²) in [6.45, 7) is 8.93. The fraction of sp³-hybridized carbons (Fsp3) is 0.789. The molecule has 0 aromatic heterocycles. The van der Waals surface area contributed by atoms with Crippen LogP contribution in [-0.2, 0) is 19.0 Å². The zero-order chi connectivity index (χ0) is 18.7. The number of ether oxygens (including phenoxy) is 3. The van der Waals surface area contributed by atoms with E-state index in [2.05, 4.69) is 5.32 Å². The highest BCUT2D eigenvalue weighted by molar-refractivity contribution is 5.83. The van der Waals surface area contributed by atoms with Crippen LogP contribution in [0.3, 0.4) is 0 Å². The average Bonchev–Trinajstić information content (AvgIpc) is 2.43. The second-order valence-corrected chi connectivity index (χ2v) is 8.39. The quantitative estimate of drug-likeness (QED) is 0.772. The third-order valence-corrected chi connectivity index (χ3v) is 4.34. The van der Waals surface area contributed by atoms with Crippen molar-refractivity contribution in [2.45, 2.75) is 90.6 Å². The molecule has 0 aromatic rings. The van der Waals surface area contributed by atoms with Gasteiger partial charge in [-0.3, -0.25) is 0 Å². The Morgan fingerprint density at radius 3 is 2.48 bits per heavy atom. The Labute approximate surface area is 150 Å². The van der Waals surface area contributed by atoms with Gasteiger partial charge in [0.05, 0.1) is 6.08 Å². The van der Waals surface area contributed by atoms with Crippen LogP contribution in [0.2, 0.25) is 0 Å². The van der Waals surface area contributed by atoms with Crippen LogP contribution < -0.4 is 5.32 Å². The van der Waals surface area contributed by atoms with Crippen molar-refractivity contribution in [1.29, 1.82) is 0 Å². The van der Waals surface area contributed by atoms with Crippen LogP contribution in [0, 0.1) is 5.92 Å². The minimum absolute atomic E-state index is 0.122. The van der Waals surface area contributed by atoms with E-state index < -0.39 is 23.5 Å². The molecule has 0 unspecified atom stereocenters. The van der Waals surface area contributed by atoms with Crippen molar-refractivity contribution in [2.24, 2.45) is 5.92 Å². The highest BCUT2D eigenvalue weighted by atomic mass is 16.7. The summed E-state index contributed by atoms with van der Waals surface area (Å²) in [5.74, 6) is -0.491. The van der Waals surface area contributed by atoms with Crippen molar-refractivity contribution in [3.8, 4) is 0 Å². The van der Waals surface area contributed by atoms with Crippen LogP contribution >= 0.6 is 0 Å². The summed E-state index contributed by atoms with van der Waals surface area (Å²) in [6, 6.07) is -0.122. The van der Waals surface area contributed by atoms with Crippen LogP contribution in [0.4, 0.5) is 4.79 Å². The first kappa shape index (κ1) is 19.6. The Bertz CT molecular complexity index is 526. The maximum atomic E-state index is 12.3. The van der Waals surface area contributed by atoms with Crippen LogP contribution in [0.15, 0.2) is 11.8 Å². The lowest BCUT2D eigenvalue weighted by Gasteiger charge is -2.35. The van der Waals surface area contributed by atoms with E-state index in [9.17, 15) is 9.59 Å². The Hall–Kier alpha value is -1.72. The second kappa shape index (κ2) is 7.67. The largest absolute Gasteiger partial charge is 0.457 e. The number of cyclic esters (lactones) is 1. The molecule has 1 aliphatic carbocycles. The van der Waals surface area contributed by atoms with Crippen molar-refractivity contribution < 1.29 is 23.8 Å². The molecule has 1 atom stereocenters. The van der Waals surface area contributed by atoms with Crippen LogP contribution in [0.1, 0.15) is 73.1 Å². The number of carbonyl (C=O) groups is 2. The minimum atomic E-state index is -0.982. The summed E-state index contributed by atoms with van der Waals surface area (Å²) in [6.07, 6.45) is 7.06. The summed E-state index contributed by atoms with van der Waals surface area (Å²) in [5.41, 5.74) is -0.548. The third kappa shape index (κ3) is 6.59. The Kier molecular flexibility index (Phi) is 6.01. The number of amides is 1. The monoisotopic (exact) mass is 353 g/mol. The number of rotatable bonds is 4. The highest BCUT2D eigenvalue weighted by Gasteiger charge is 2.34. The number of hydrogen-bond donors (Lipinski definition) is 1. The van der Waals surface area contributed by atoms with Crippen molar-refractivity contribution in [3.63, 3.8) is 0 Å². The number of alkyl carbamates (subject to hydrolysis) is 1. The van der Waals surface area contributed by atoms with Gasteiger partial charge in [0.2, 0.25) is 5.79 Å². The smallest absolute Gasteiger partial charge is 0.407 e. The normalized spacial score (nSPS) is 22.3. The van der Waals surface area contributed by atoms with Gasteiger partial charge in [-0.15, -0.1) is 0 Å². The fourth-order valence-corrected chi connectivity index (χ4v) is 3.42. The molecule has 1 amide bonds. The average molecular weight is 353 g/mol. The van der Waals surface area contributed by atoms with Crippen LogP contribution in [0.25, 0.3) is 0 Å². The lowest BCUT2D eigenvalue weighted by Crippen LogP contribution is -2.45. The molecule has 0 saturated heterocycles. The minimum Gasteiger partial charge on any atom is -0.457 e. The summed E-state index contributed by atoms with van der Waals surface area (Å²) in [5, 5.41) is 3.00. The lowest BCUT2D eigenvalue weighted by molar-refractivity contribution is -0.206. The predicted molar refractivity (Wildman–Crippen MR) is 93.7 cm³/mol. The Morgan fingerprint density at radius 2 is 1.92 bits per heavy atom. The second-order valence-electron chi connectivity index (χ2n) is 8.39. The Morgan fingerprint density at radius 1 is 1.28 bits per heavy atom. The van der Waals surface area contributed by atoms with E-state index in [1.165, 1.54) is 12.5 Å². The molecule has 0 bridgehead atoms. The fourth-order valence-electron chi connectivity index (χ4n) is 3.42. The number of esters is 1. The summed E-state index contributed by atoms with van der Waals surface area (Å²) in [7, 11) is 0. The van der Waals surface area contributed by atoms with Crippen molar-refractivity contribution in [1.82, 2.24) is 5.32 Å². The molecule has 2 aliphatic rings. The van der Waals surface area contributed by atoms with Gasteiger partial charge >= 0.3 is 12.1 Å².